The molecule has 1 aromatic rings. The summed E-state index contributed by atoms with van der Waals surface area (Å²) in [4.78, 5) is 2.37. The molecule has 3 nitrogen and oxygen atoms in total. The summed E-state index contributed by atoms with van der Waals surface area (Å²) in [6, 6.07) is 7.82. The average Bonchev–Trinajstić information content (AvgIpc) is 2.46. The van der Waals surface area contributed by atoms with Crippen LogP contribution in [-0.4, -0.2) is 48.3 Å². The Hall–Kier alpha value is -0.610. The van der Waals surface area contributed by atoms with Crippen molar-refractivity contribution in [3.05, 3.63) is 34.9 Å². The zero-order chi connectivity index (χ0) is 15.0. The van der Waals surface area contributed by atoms with Gasteiger partial charge in [0.1, 0.15) is 0 Å². The van der Waals surface area contributed by atoms with Crippen LogP contribution in [-0.2, 0) is 6.42 Å². The molecule has 0 aromatic heterocycles. The molecular weight excluding hydrogens is 272 g/mol. The van der Waals surface area contributed by atoms with E-state index >= 15 is 0 Å². The standard InChI is InChI=1S/C16H27ClN2O/c1-4-19(5-2)11-10-18-16(3,13-20)12-14-6-8-15(17)9-7-14/h6-9,18,20H,4-5,10-13H2,1-3H3. The summed E-state index contributed by atoms with van der Waals surface area (Å²) in [5.41, 5.74) is 0.891. The number of hydrogen-bond donors (Lipinski definition) is 2. The molecule has 0 saturated heterocycles. The molecule has 1 aromatic carbocycles. The summed E-state index contributed by atoms with van der Waals surface area (Å²) in [7, 11) is 0. The molecule has 0 aliphatic heterocycles. The molecule has 0 spiro atoms. The number of aliphatic hydroxyl groups excluding tert-OH is 1. The minimum absolute atomic E-state index is 0.119. The number of nitrogens with one attached hydrogen (secondary N) is 1. The maximum absolute atomic E-state index is 9.68. The smallest absolute Gasteiger partial charge is 0.0613 e. The molecule has 1 unspecified atom stereocenters. The van der Waals surface area contributed by atoms with Crippen LogP contribution in [0, 0.1) is 0 Å². The molecule has 20 heavy (non-hydrogen) atoms. The van der Waals surface area contributed by atoms with Gasteiger partial charge in [0, 0.05) is 23.7 Å². The fourth-order valence-electron chi connectivity index (χ4n) is 2.28. The zero-order valence-corrected chi connectivity index (χ0v) is 13.6. The Kier molecular flexibility index (Phi) is 7.52. The van der Waals surface area contributed by atoms with E-state index in [1.54, 1.807) is 0 Å². The Balaban J connectivity index is 2.51. The van der Waals surface area contributed by atoms with E-state index in [-0.39, 0.29) is 12.1 Å². The van der Waals surface area contributed by atoms with Crippen LogP contribution >= 0.6 is 11.6 Å². The van der Waals surface area contributed by atoms with Crippen LogP contribution in [0.2, 0.25) is 5.02 Å². The normalized spacial score (nSPS) is 14.5. The molecule has 0 radical (unpaired) electrons. The summed E-state index contributed by atoms with van der Waals surface area (Å²) in [5, 5.41) is 13.9. The van der Waals surface area contributed by atoms with Crippen molar-refractivity contribution in [3.63, 3.8) is 0 Å². The van der Waals surface area contributed by atoms with Gasteiger partial charge in [-0.05, 0) is 44.1 Å². The van der Waals surface area contributed by atoms with E-state index in [4.69, 9.17) is 11.6 Å². The number of rotatable bonds is 9. The first-order valence-electron chi connectivity index (χ1n) is 7.35. The number of hydrogen-bond acceptors (Lipinski definition) is 3. The number of benzene rings is 1. The third-order valence-corrected chi connectivity index (χ3v) is 3.98. The summed E-state index contributed by atoms with van der Waals surface area (Å²) >= 11 is 5.90. The van der Waals surface area contributed by atoms with Gasteiger partial charge in [0.05, 0.1) is 6.61 Å². The molecule has 1 atom stereocenters. The predicted molar refractivity (Wildman–Crippen MR) is 86.4 cm³/mol. The van der Waals surface area contributed by atoms with Crippen molar-refractivity contribution >= 4 is 11.6 Å². The lowest BCUT2D eigenvalue weighted by atomic mass is 9.93. The largest absolute Gasteiger partial charge is 0.394 e. The second-order valence-corrected chi connectivity index (χ2v) is 5.91. The van der Waals surface area contributed by atoms with Crippen molar-refractivity contribution in [1.82, 2.24) is 10.2 Å². The SMILES string of the molecule is CCN(CC)CCNC(C)(CO)Cc1ccc(Cl)cc1. The number of nitrogens with zero attached hydrogens (tertiary/aromatic N) is 1. The topological polar surface area (TPSA) is 35.5 Å². The van der Waals surface area contributed by atoms with Crippen LogP contribution in [0.1, 0.15) is 26.3 Å². The Labute approximate surface area is 127 Å². The van der Waals surface area contributed by atoms with E-state index in [1.165, 1.54) is 5.56 Å². The van der Waals surface area contributed by atoms with Gasteiger partial charge in [-0.1, -0.05) is 37.6 Å². The summed E-state index contributed by atoms with van der Waals surface area (Å²) in [6.45, 7) is 10.5. The second-order valence-electron chi connectivity index (χ2n) is 5.48. The van der Waals surface area contributed by atoms with Crippen LogP contribution in [0.15, 0.2) is 24.3 Å². The van der Waals surface area contributed by atoms with E-state index in [9.17, 15) is 5.11 Å². The van der Waals surface area contributed by atoms with Gasteiger partial charge >= 0.3 is 0 Å². The maximum Gasteiger partial charge on any atom is 0.0613 e. The van der Waals surface area contributed by atoms with Crippen molar-refractivity contribution in [3.8, 4) is 0 Å². The molecule has 0 amide bonds. The van der Waals surface area contributed by atoms with Crippen LogP contribution in [0.5, 0.6) is 0 Å². The molecule has 0 fully saturated rings. The van der Waals surface area contributed by atoms with Crippen LogP contribution in [0.4, 0.5) is 0 Å². The summed E-state index contributed by atoms with van der Waals surface area (Å²) in [6.07, 6.45) is 0.791. The number of halogens is 1. The van der Waals surface area contributed by atoms with Crippen molar-refractivity contribution in [1.29, 1.82) is 0 Å². The van der Waals surface area contributed by atoms with Crippen molar-refractivity contribution in [2.45, 2.75) is 32.7 Å². The third-order valence-electron chi connectivity index (χ3n) is 3.73. The lowest BCUT2D eigenvalue weighted by Crippen LogP contribution is -2.50. The molecule has 0 aliphatic carbocycles. The molecule has 2 N–H and O–H groups in total. The number of aliphatic hydroxyl groups is 1. The highest BCUT2D eigenvalue weighted by Gasteiger charge is 2.23. The molecular formula is C16H27ClN2O. The van der Waals surface area contributed by atoms with E-state index < -0.39 is 0 Å². The average molecular weight is 299 g/mol. The third kappa shape index (κ3) is 5.80. The van der Waals surface area contributed by atoms with Gasteiger partial charge in [0.15, 0.2) is 0 Å². The maximum atomic E-state index is 9.68. The fourth-order valence-corrected chi connectivity index (χ4v) is 2.41. The Morgan fingerprint density at radius 3 is 2.30 bits per heavy atom. The molecule has 0 heterocycles. The van der Waals surface area contributed by atoms with E-state index in [2.05, 4.69) is 31.0 Å². The molecule has 0 bridgehead atoms. The van der Waals surface area contributed by atoms with Gasteiger partial charge in [0.25, 0.3) is 0 Å². The second kappa shape index (κ2) is 8.63. The lowest BCUT2D eigenvalue weighted by molar-refractivity contribution is 0.167. The minimum Gasteiger partial charge on any atom is -0.394 e. The van der Waals surface area contributed by atoms with E-state index in [0.717, 1.165) is 37.6 Å². The Morgan fingerprint density at radius 1 is 1.20 bits per heavy atom. The van der Waals surface area contributed by atoms with Gasteiger partial charge < -0.3 is 15.3 Å². The highest BCUT2D eigenvalue weighted by molar-refractivity contribution is 6.30. The van der Waals surface area contributed by atoms with Crippen LogP contribution in [0.3, 0.4) is 0 Å². The minimum atomic E-state index is -0.291. The lowest BCUT2D eigenvalue weighted by Gasteiger charge is -2.30. The highest BCUT2D eigenvalue weighted by Crippen LogP contribution is 2.15. The molecule has 114 valence electrons. The van der Waals surface area contributed by atoms with Gasteiger partial charge in [-0.3, -0.25) is 0 Å². The zero-order valence-electron chi connectivity index (χ0n) is 12.8. The molecule has 0 saturated carbocycles. The quantitative estimate of drug-likeness (QED) is 0.735. The fraction of sp³-hybridized carbons (Fsp3) is 0.625. The van der Waals surface area contributed by atoms with Crippen LogP contribution < -0.4 is 5.32 Å². The Bertz CT molecular complexity index is 379. The van der Waals surface area contributed by atoms with Gasteiger partial charge in [0.2, 0.25) is 0 Å². The first kappa shape index (κ1) is 17.4. The molecule has 0 aliphatic rings. The Morgan fingerprint density at radius 2 is 1.80 bits per heavy atom. The summed E-state index contributed by atoms with van der Waals surface area (Å²) < 4.78 is 0. The highest BCUT2D eigenvalue weighted by atomic mass is 35.5. The van der Waals surface area contributed by atoms with Crippen LogP contribution in [0.25, 0.3) is 0 Å². The van der Waals surface area contributed by atoms with Gasteiger partial charge in [-0.15, -0.1) is 0 Å². The monoisotopic (exact) mass is 298 g/mol. The first-order valence-corrected chi connectivity index (χ1v) is 7.73. The first-order chi connectivity index (χ1) is 9.53. The van der Waals surface area contributed by atoms with Gasteiger partial charge in [-0.25, -0.2) is 0 Å². The predicted octanol–water partition coefficient (Wildman–Crippen LogP) is 2.56. The van der Waals surface area contributed by atoms with E-state index in [0.29, 0.717) is 0 Å². The van der Waals surface area contributed by atoms with Crippen molar-refractivity contribution in [2.75, 3.05) is 32.8 Å². The molecule has 1 rings (SSSR count). The van der Waals surface area contributed by atoms with Crippen molar-refractivity contribution in [2.24, 2.45) is 0 Å². The molecule has 4 heteroatoms. The number of likely N-dealkylation sites (N-methyl/N-ethyl adjacent to an activating group) is 1. The van der Waals surface area contributed by atoms with Crippen molar-refractivity contribution < 1.29 is 5.11 Å². The van der Waals surface area contributed by atoms with Gasteiger partial charge in [-0.2, -0.15) is 0 Å². The summed E-state index contributed by atoms with van der Waals surface area (Å²) in [5.74, 6) is 0. The van der Waals surface area contributed by atoms with E-state index in [1.807, 2.05) is 24.3 Å².